The summed E-state index contributed by atoms with van der Waals surface area (Å²) in [5, 5.41) is 22.7. The van der Waals surface area contributed by atoms with Crippen molar-refractivity contribution in [2.45, 2.75) is 111 Å². The van der Waals surface area contributed by atoms with Crippen molar-refractivity contribution in [2.75, 3.05) is 6.61 Å². The number of carbonyl (C=O) groups excluding carboxylic acids is 1. The van der Waals surface area contributed by atoms with E-state index in [2.05, 4.69) is 54.5 Å². The summed E-state index contributed by atoms with van der Waals surface area (Å²) in [5.41, 5.74) is 0.911. The highest BCUT2D eigenvalue weighted by Gasteiger charge is 2.36. The highest BCUT2D eigenvalue weighted by Crippen LogP contribution is 2.36. The molecular weight excluding hydrogens is 504 g/mol. The molecular formula is C26H48N6O5Si. The third kappa shape index (κ3) is 12.1. The second-order valence-corrected chi connectivity index (χ2v) is 17.5. The van der Waals surface area contributed by atoms with Gasteiger partial charge < -0.3 is 19.6 Å². The number of hydrogen-bond acceptors (Lipinski definition) is 6. The van der Waals surface area contributed by atoms with Gasteiger partial charge in [0.25, 0.3) is 0 Å². The summed E-state index contributed by atoms with van der Waals surface area (Å²) in [5.74, 6) is 0. The van der Waals surface area contributed by atoms with Crippen LogP contribution in [0.1, 0.15) is 73.4 Å². The van der Waals surface area contributed by atoms with Gasteiger partial charge in [-0.05, 0) is 59.7 Å². The minimum atomic E-state index is -1.72. The van der Waals surface area contributed by atoms with E-state index in [9.17, 15) is 9.59 Å². The van der Waals surface area contributed by atoms with Gasteiger partial charge in [-0.1, -0.05) is 20.8 Å². The normalized spacial score (nSPS) is 12.4. The number of ether oxygens (including phenoxy) is 1. The molecule has 2 aromatic heterocycles. The van der Waals surface area contributed by atoms with Gasteiger partial charge in [-0.2, -0.15) is 10.2 Å². The van der Waals surface area contributed by atoms with Crippen molar-refractivity contribution in [3.05, 3.63) is 35.9 Å². The summed E-state index contributed by atoms with van der Waals surface area (Å²) in [6, 6.07) is 0. The zero-order valence-corrected chi connectivity index (χ0v) is 26.0. The Labute approximate surface area is 228 Å². The summed E-state index contributed by atoms with van der Waals surface area (Å²) in [7, 11) is -1.72. The average molecular weight is 553 g/mol. The molecule has 0 aliphatic rings. The van der Waals surface area contributed by atoms with E-state index in [1.165, 1.54) is 4.90 Å². The van der Waals surface area contributed by atoms with E-state index in [1.54, 1.807) is 18.6 Å². The first-order valence-electron chi connectivity index (χ1n) is 12.8. The Morgan fingerprint density at radius 2 is 1.71 bits per heavy atom. The Bertz CT molecular complexity index is 1000. The third-order valence-corrected chi connectivity index (χ3v) is 10.6. The fourth-order valence-corrected chi connectivity index (χ4v) is 3.89. The largest absolute Gasteiger partial charge is 0.465 e. The Kier molecular flexibility index (Phi) is 11.6. The summed E-state index contributed by atoms with van der Waals surface area (Å²) in [6.45, 7) is 24.4. The van der Waals surface area contributed by atoms with E-state index < -0.39 is 31.6 Å². The van der Waals surface area contributed by atoms with Crippen LogP contribution in [0.25, 0.3) is 0 Å². The quantitative estimate of drug-likeness (QED) is 0.362. The molecule has 2 heterocycles. The first kappa shape index (κ1) is 33.2. The molecule has 2 amide bonds. The van der Waals surface area contributed by atoms with Crippen LogP contribution in [0.3, 0.4) is 0 Å². The van der Waals surface area contributed by atoms with Crippen LogP contribution >= 0.6 is 0 Å². The lowest BCUT2D eigenvalue weighted by Gasteiger charge is -2.36. The first-order chi connectivity index (χ1) is 17.2. The maximum atomic E-state index is 11.6. The van der Waals surface area contributed by atoms with E-state index in [0.717, 1.165) is 11.1 Å². The van der Waals surface area contributed by atoms with Gasteiger partial charge in [-0.15, -0.1) is 0 Å². The van der Waals surface area contributed by atoms with Crippen LogP contribution in [-0.4, -0.2) is 68.2 Å². The molecule has 0 bridgehead atoms. The van der Waals surface area contributed by atoms with Gasteiger partial charge in [0.05, 0.1) is 32.1 Å². The molecule has 0 atom stereocenters. The minimum Gasteiger partial charge on any atom is -0.465 e. The number of rotatable bonds is 8. The smallest absolute Gasteiger partial charge is 0.408 e. The predicted octanol–water partition coefficient (Wildman–Crippen LogP) is 5.62. The van der Waals surface area contributed by atoms with Crippen LogP contribution in [0, 0.1) is 0 Å². The minimum absolute atomic E-state index is 0.208. The maximum absolute atomic E-state index is 11.6. The van der Waals surface area contributed by atoms with Crippen molar-refractivity contribution in [3.8, 4) is 0 Å². The van der Waals surface area contributed by atoms with E-state index in [0.29, 0.717) is 26.2 Å². The standard InChI is InChI=1S/C17H33N3O3Si.C9H15N3O2/c1-16(2,3)23-15(21)18-11-14-12-19-20(13-14)9-10-22-24(7,8)17(4,5)6;1-9(2,3)12(8(13)14)6-7-4-10-11-5-7/h12-13H,9-11H2,1-8H3,(H,18,21);4-5H,6H2,1-3H3,(H,10,11)(H,13,14). The van der Waals surface area contributed by atoms with Gasteiger partial charge in [0.2, 0.25) is 0 Å². The zero-order chi connectivity index (χ0) is 29.4. The average Bonchev–Trinajstić information content (AvgIpc) is 3.40. The molecule has 2 aromatic rings. The van der Waals surface area contributed by atoms with Crippen molar-refractivity contribution in [3.63, 3.8) is 0 Å². The van der Waals surface area contributed by atoms with Crippen molar-refractivity contribution < 1.29 is 23.9 Å². The van der Waals surface area contributed by atoms with Crippen LogP contribution in [-0.2, 0) is 28.8 Å². The molecule has 0 saturated carbocycles. The van der Waals surface area contributed by atoms with E-state index in [-0.39, 0.29) is 5.04 Å². The molecule has 12 heteroatoms. The molecule has 0 saturated heterocycles. The SMILES string of the molecule is CC(C)(C)N(Cc1cn[nH]c1)C(=O)O.CC(C)(C)OC(=O)NCc1cnn(CCO[Si](C)(C)C(C)(C)C)c1. The molecule has 0 aliphatic carbocycles. The number of alkyl carbamates (subject to hydrolysis) is 1. The Hall–Kier alpha value is -2.86. The fourth-order valence-electron chi connectivity index (χ4n) is 2.86. The number of amides is 2. The Balaban J connectivity index is 0.000000437. The molecule has 2 rings (SSSR count). The van der Waals surface area contributed by atoms with Crippen molar-refractivity contribution >= 4 is 20.5 Å². The molecule has 0 fully saturated rings. The number of carboxylic acid groups (broad SMARTS) is 1. The molecule has 38 heavy (non-hydrogen) atoms. The number of nitrogens with one attached hydrogen (secondary N) is 2. The van der Waals surface area contributed by atoms with E-state index >= 15 is 0 Å². The summed E-state index contributed by atoms with van der Waals surface area (Å²) in [4.78, 5) is 24.0. The molecule has 0 radical (unpaired) electrons. The topological polar surface area (TPSA) is 135 Å². The van der Waals surface area contributed by atoms with Crippen molar-refractivity contribution in [1.29, 1.82) is 0 Å². The highest BCUT2D eigenvalue weighted by molar-refractivity contribution is 6.74. The van der Waals surface area contributed by atoms with Gasteiger partial charge in [0, 0.05) is 35.6 Å². The summed E-state index contributed by atoms with van der Waals surface area (Å²) in [6.07, 6.45) is 5.66. The number of aromatic amines is 1. The van der Waals surface area contributed by atoms with Crippen LogP contribution in [0.5, 0.6) is 0 Å². The molecule has 0 aliphatic heterocycles. The van der Waals surface area contributed by atoms with Crippen LogP contribution in [0.2, 0.25) is 18.1 Å². The lowest BCUT2D eigenvalue weighted by atomic mass is 10.1. The Morgan fingerprint density at radius 3 is 2.18 bits per heavy atom. The Morgan fingerprint density at radius 1 is 1.08 bits per heavy atom. The van der Waals surface area contributed by atoms with Gasteiger partial charge in [0.15, 0.2) is 8.32 Å². The summed E-state index contributed by atoms with van der Waals surface area (Å²) >= 11 is 0. The van der Waals surface area contributed by atoms with E-state index in [4.69, 9.17) is 14.3 Å². The number of aromatic nitrogens is 4. The molecule has 0 aromatic carbocycles. The second kappa shape index (κ2) is 13.3. The molecule has 0 spiro atoms. The van der Waals surface area contributed by atoms with Crippen LogP contribution in [0.15, 0.2) is 24.8 Å². The zero-order valence-electron chi connectivity index (χ0n) is 25.0. The molecule has 3 N–H and O–H groups in total. The fraction of sp³-hybridized carbons (Fsp3) is 0.692. The number of nitrogens with zero attached hydrogens (tertiary/aromatic N) is 4. The van der Waals surface area contributed by atoms with E-state index in [1.807, 2.05) is 52.4 Å². The lowest BCUT2D eigenvalue weighted by molar-refractivity contribution is 0.0523. The second-order valence-electron chi connectivity index (χ2n) is 12.7. The first-order valence-corrected chi connectivity index (χ1v) is 15.7. The van der Waals surface area contributed by atoms with Crippen LogP contribution < -0.4 is 5.32 Å². The number of hydrogen-bond donors (Lipinski definition) is 3. The van der Waals surface area contributed by atoms with Gasteiger partial charge in [-0.3, -0.25) is 14.7 Å². The van der Waals surface area contributed by atoms with Crippen molar-refractivity contribution in [2.24, 2.45) is 0 Å². The molecule has 216 valence electrons. The summed E-state index contributed by atoms with van der Waals surface area (Å²) < 4.78 is 13.2. The van der Waals surface area contributed by atoms with Crippen molar-refractivity contribution in [1.82, 2.24) is 30.2 Å². The maximum Gasteiger partial charge on any atom is 0.408 e. The number of H-pyrrole nitrogens is 1. The van der Waals surface area contributed by atoms with Gasteiger partial charge in [0.1, 0.15) is 5.60 Å². The monoisotopic (exact) mass is 552 g/mol. The predicted molar refractivity (Wildman–Crippen MR) is 150 cm³/mol. The lowest BCUT2D eigenvalue weighted by Crippen LogP contribution is -2.44. The highest BCUT2D eigenvalue weighted by atomic mass is 28.4. The van der Waals surface area contributed by atoms with Gasteiger partial charge >= 0.3 is 12.2 Å². The molecule has 11 nitrogen and oxygen atoms in total. The molecule has 0 unspecified atom stereocenters. The number of carbonyl (C=O) groups is 2. The third-order valence-electron chi connectivity index (χ3n) is 6.05. The van der Waals surface area contributed by atoms with Crippen LogP contribution in [0.4, 0.5) is 9.59 Å². The van der Waals surface area contributed by atoms with Gasteiger partial charge in [-0.25, -0.2) is 9.59 Å².